The first kappa shape index (κ1) is 22.0. The average molecular weight is 467 g/mol. The lowest BCUT2D eigenvalue weighted by Crippen LogP contribution is -2.62. The van der Waals surface area contributed by atoms with Crippen LogP contribution < -0.4 is 0 Å². The van der Waals surface area contributed by atoms with Gasteiger partial charge in [-0.2, -0.15) is 0 Å². The predicted molar refractivity (Wildman–Crippen MR) is 111 cm³/mol. The van der Waals surface area contributed by atoms with Crippen molar-refractivity contribution in [2.75, 3.05) is 12.5 Å². The highest BCUT2D eigenvalue weighted by Gasteiger charge is 2.53. The summed E-state index contributed by atoms with van der Waals surface area (Å²) in [7, 11) is 0. The number of hydrogen-bond donors (Lipinski definition) is 0. The van der Waals surface area contributed by atoms with Crippen molar-refractivity contribution in [3.63, 3.8) is 0 Å². The van der Waals surface area contributed by atoms with Crippen molar-refractivity contribution in [2.45, 2.75) is 36.3 Å². The Bertz CT molecular complexity index is 895. The number of hydrogen-bond acceptors (Lipinski definition) is 7. The molecule has 31 heavy (non-hydrogen) atoms. The van der Waals surface area contributed by atoms with E-state index in [2.05, 4.69) is 0 Å². The molecule has 6 atom stereocenters. The van der Waals surface area contributed by atoms with Gasteiger partial charge in [-0.05, 0) is 12.1 Å². The van der Waals surface area contributed by atoms with Crippen LogP contribution in [0, 0.1) is 0 Å². The number of fused-ring (bicyclic) bond motifs is 1. The molecule has 0 spiro atoms. The summed E-state index contributed by atoms with van der Waals surface area (Å²) in [6.45, 7) is 0.154. The SMILES string of the molecule is O=C(CCl)O[C@@H]1[C@@H](OC(=O)c2ccccc2)[C@H](Cl)O[C@@H]2CO[C@@H](c3ccccc3)O[C@@H]12. The molecule has 4 rings (SSSR count). The van der Waals surface area contributed by atoms with Crippen molar-refractivity contribution in [1.29, 1.82) is 0 Å². The van der Waals surface area contributed by atoms with Gasteiger partial charge in [0, 0.05) is 5.56 Å². The molecule has 2 aromatic rings. The summed E-state index contributed by atoms with van der Waals surface area (Å²) in [5, 5.41) is 0. The van der Waals surface area contributed by atoms with Gasteiger partial charge in [-0.3, -0.25) is 4.79 Å². The monoisotopic (exact) mass is 466 g/mol. The molecule has 0 amide bonds. The van der Waals surface area contributed by atoms with Crippen LogP contribution in [0.25, 0.3) is 0 Å². The van der Waals surface area contributed by atoms with Gasteiger partial charge in [0.25, 0.3) is 0 Å². The second kappa shape index (κ2) is 9.97. The summed E-state index contributed by atoms with van der Waals surface area (Å²) in [4.78, 5) is 24.7. The van der Waals surface area contributed by atoms with E-state index in [4.69, 9.17) is 46.9 Å². The van der Waals surface area contributed by atoms with Gasteiger partial charge in [0.15, 0.2) is 24.1 Å². The highest BCUT2D eigenvalue weighted by molar-refractivity contribution is 6.26. The number of halogens is 2. The van der Waals surface area contributed by atoms with Crippen LogP contribution >= 0.6 is 23.2 Å². The van der Waals surface area contributed by atoms with Crippen LogP contribution in [0.4, 0.5) is 0 Å². The molecule has 0 N–H and O–H groups in total. The van der Waals surface area contributed by atoms with Gasteiger partial charge in [-0.15, -0.1) is 11.6 Å². The van der Waals surface area contributed by atoms with E-state index in [0.29, 0.717) is 5.56 Å². The molecule has 9 heteroatoms. The highest BCUT2D eigenvalue weighted by atomic mass is 35.5. The lowest BCUT2D eigenvalue weighted by Gasteiger charge is -2.47. The Balaban J connectivity index is 1.58. The van der Waals surface area contributed by atoms with Gasteiger partial charge in [-0.1, -0.05) is 60.1 Å². The van der Waals surface area contributed by atoms with Crippen LogP contribution in [0.15, 0.2) is 60.7 Å². The maximum Gasteiger partial charge on any atom is 0.338 e. The van der Waals surface area contributed by atoms with Crippen molar-refractivity contribution in [2.24, 2.45) is 0 Å². The third-order valence-corrected chi connectivity index (χ3v) is 5.54. The molecule has 0 bridgehead atoms. The minimum absolute atomic E-state index is 0.154. The first-order valence-electron chi connectivity index (χ1n) is 9.70. The van der Waals surface area contributed by atoms with Gasteiger partial charge >= 0.3 is 11.9 Å². The maximum absolute atomic E-state index is 12.6. The van der Waals surface area contributed by atoms with Crippen molar-refractivity contribution < 1.29 is 33.3 Å². The molecule has 2 saturated heterocycles. The van der Waals surface area contributed by atoms with E-state index in [1.165, 1.54) is 0 Å². The Morgan fingerprint density at radius 3 is 2.29 bits per heavy atom. The number of benzene rings is 2. The summed E-state index contributed by atoms with van der Waals surface area (Å²) >= 11 is 12.0. The fraction of sp³-hybridized carbons (Fsp3) is 0.364. The zero-order valence-corrected chi connectivity index (χ0v) is 17.8. The first-order chi connectivity index (χ1) is 15.1. The highest BCUT2D eigenvalue weighted by Crippen LogP contribution is 2.37. The third kappa shape index (κ3) is 5.02. The van der Waals surface area contributed by atoms with Crippen LogP contribution in [0.5, 0.6) is 0 Å². The van der Waals surface area contributed by atoms with E-state index in [-0.39, 0.29) is 12.5 Å². The molecular formula is C22H20Cl2O7. The second-order valence-electron chi connectivity index (χ2n) is 7.03. The zero-order valence-electron chi connectivity index (χ0n) is 16.3. The summed E-state index contributed by atoms with van der Waals surface area (Å²) in [6, 6.07) is 17.7. The standard InChI is InChI=1S/C22H20Cl2O7/c23-11-16(25)29-18-17-15(12-27-22(31-17)14-9-5-2-6-10-14)28-20(24)19(18)30-21(26)13-7-3-1-4-8-13/h1-10,15,17-20,22H,11-12H2/t15-,17-,18+,19-,20-,22-/m1/s1. The molecule has 7 nitrogen and oxygen atoms in total. The molecule has 164 valence electrons. The molecule has 2 fully saturated rings. The molecule has 2 aliphatic rings. The van der Waals surface area contributed by atoms with E-state index in [0.717, 1.165) is 5.56 Å². The minimum atomic E-state index is -1.11. The normalized spacial score (nSPS) is 30.1. The zero-order chi connectivity index (χ0) is 21.8. The fourth-order valence-corrected chi connectivity index (χ4v) is 3.91. The molecule has 0 aromatic heterocycles. The molecule has 2 aromatic carbocycles. The average Bonchev–Trinajstić information content (AvgIpc) is 2.82. The number of esters is 2. The van der Waals surface area contributed by atoms with E-state index >= 15 is 0 Å². The summed E-state index contributed by atoms with van der Waals surface area (Å²) in [5.41, 5.74) is 0.0303. The van der Waals surface area contributed by atoms with Crippen LogP contribution in [-0.2, 0) is 28.5 Å². The van der Waals surface area contributed by atoms with E-state index < -0.39 is 48.2 Å². The van der Waals surface area contributed by atoms with Crippen molar-refractivity contribution >= 4 is 35.1 Å². The Kier molecular flexibility index (Phi) is 7.09. The molecule has 0 aliphatic carbocycles. The maximum atomic E-state index is 12.6. The van der Waals surface area contributed by atoms with Crippen LogP contribution in [0.3, 0.4) is 0 Å². The molecule has 0 radical (unpaired) electrons. The Morgan fingerprint density at radius 2 is 1.61 bits per heavy atom. The number of rotatable bonds is 5. The smallest absolute Gasteiger partial charge is 0.338 e. The van der Waals surface area contributed by atoms with Crippen molar-refractivity contribution in [3.8, 4) is 0 Å². The molecule has 2 aliphatic heterocycles. The largest absolute Gasteiger partial charge is 0.454 e. The van der Waals surface area contributed by atoms with E-state index in [1.807, 2.05) is 30.3 Å². The third-order valence-electron chi connectivity index (χ3n) is 4.97. The van der Waals surface area contributed by atoms with Gasteiger partial charge in [0.1, 0.15) is 18.1 Å². The number of alkyl halides is 2. The topological polar surface area (TPSA) is 80.3 Å². The summed E-state index contributed by atoms with van der Waals surface area (Å²) < 4.78 is 28.8. The van der Waals surface area contributed by atoms with Gasteiger partial charge in [0.2, 0.25) is 0 Å². The van der Waals surface area contributed by atoms with Gasteiger partial charge in [-0.25, -0.2) is 4.79 Å². The lowest BCUT2D eigenvalue weighted by molar-refractivity contribution is -0.320. The molecule has 2 heterocycles. The van der Waals surface area contributed by atoms with Crippen LogP contribution in [0.2, 0.25) is 0 Å². The van der Waals surface area contributed by atoms with Crippen molar-refractivity contribution in [3.05, 3.63) is 71.8 Å². The van der Waals surface area contributed by atoms with Gasteiger partial charge < -0.3 is 23.7 Å². The molecular weight excluding hydrogens is 447 g/mol. The Hall–Kier alpha value is -2.16. The summed E-state index contributed by atoms with van der Waals surface area (Å²) in [5.74, 6) is -1.69. The van der Waals surface area contributed by atoms with E-state index in [1.54, 1.807) is 30.3 Å². The molecule has 0 saturated carbocycles. The Morgan fingerprint density at radius 1 is 0.935 bits per heavy atom. The van der Waals surface area contributed by atoms with Crippen molar-refractivity contribution in [1.82, 2.24) is 0 Å². The fourth-order valence-electron chi connectivity index (χ4n) is 3.52. The quantitative estimate of drug-likeness (QED) is 0.493. The van der Waals surface area contributed by atoms with Crippen LogP contribution in [-0.4, -0.2) is 54.4 Å². The number of ether oxygens (including phenoxy) is 5. The first-order valence-corrected chi connectivity index (χ1v) is 10.7. The lowest BCUT2D eigenvalue weighted by atomic mass is 9.98. The van der Waals surface area contributed by atoms with E-state index in [9.17, 15) is 9.59 Å². The Labute approximate surface area is 189 Å². The summed E-state index contributed by atoms with van der Waals surface area (Å²) in [6.07, 6.45) is -4.26. The van der Waals surface area contributed by atoms with Gasteiger partial charge in [0.05, 0.1) is 12.2 Å². The molecule has 0 unspecified atom stereocenters. The predicted octanol–water partition coefficient (Wildman–Crippen LogP) is 3.44. The number of carbonyl (C=O) groups is 2. The van der Waals surface area contributed by atoms with Crippen LogP contribution in [0.1, 0.15) is 22.2 Å². The minimum Gasteiger partial charge on any atom is -0.454 e. The number of carbonyl (C=O) groups excluding carboxylic acids is 2. The second-order valence-corrected chi connectivity index (χ2v) is 7.72.